The fourth-order valence-corrected chi connectivity index (χ4v) is 3.44. The number of aliphatic hydroxyl groups is 1. The number of nitro benzene ring substituents is 1. The van der Waals surface area contributed by atoms with Gasteiger partial charge in [0.1, 0.15) is 11.9 Å². The van der Waals surface area contributed by atoms with Gasteiger partial charge in [-0.2, -0.15) is 5.26 Å². The number of hydrogen-bond donors (Lipinski definition) is 2. The minimum atomic E-state index is -0.552. The lowest BCUT2D eigenvalue weighted by Crippen LogP contribution is -2.36. The molecule has 8 heteroatoms. The predicted molar refractivity (Wildman–Crippen MR) is 104 cm³/mol. The van der Waals surface area contributed by atoms with Gasteiger partial charge in [0.05, 0.1) is 28.3 Å². The lowest BCUT2D eigenvalue weighted by molar-refractivity contribution is -0.384. The maximum absolute atomic E-state index is 13.9. The van der Waals surface area contributed by atoms with Crippen molar-refractivity contribution in [3.63, 3.8) is 0 Å². The number of benzene rings is 2. The van der Waals surface area contributed by atoms with Crippen LogP contribution >= 0.6 is 0 Å². The summed E-state index contributed by atoms with van der Waals surface area (Å²) in [6.45, 7) is 3.20. The van der Waals surface area contributed by atoms with Crippen LogP contribution in [0.25, 0.3) is 0 Å². The molecule has 2 aromatic rings. The van der Waals surface area contributed by atoms with E-state index in [2.05, 4.69) is 10.2 Å². The summed E-state index contributed by atoms with van der Waals surface area (Å²) in [5, 5.41) is 33.2. The van der Waals surface area contributed by atoms with E-state index in [1.807, 2.05) is 13.0 Å². The molecule has 1 saturated heterocycles. The van der Waals surface area contributed by atoms with E-state index in [1.165, 1.54) is 30.3 Å². The fraction of sp³-hybridized carbons (Fsp3) is 0.350. The van der Waals surface area contributed by atoms with Crippen molar-refractivity contribution >= 4 is 17.1 Å². The van der Waals surface area contributed by atoms with E-state index in [0.29, 0.717) is 31.6 Å². The van der Waals surface area contributed by atoms with Crippen LogP contribution in [-0.4, -0.2) is 29.2 Å². The van der Waals surface area contributed by atoms with Gasteiger partial charge in [0.25, 0.3) is 5.69 Å². The molecule has 3 rings (SSSR count). The Bertz CT molecular complexity index is 920. The Morgan fingerprint density at radius 3 is 2.68 bits per heavy atom. The summed E-state index contributed by atoms with van der Waals surface area (Å²) in [5.74, 6) is -0.367. The Balaban J connectivity index is 1.89. The zero-order chi connectivity index (χ0) is 20.3. The molecule has 1 aliphatic rings. The number of anilines is 2. The first-order chi connectivity index (χ1) is 13.4. The van der Waals surface area contributed by atoms with Crippen molar-refractivity contribution in [2.24, 2.45) is 0 Å². The summed E-state index contributed by atoms with van der Waals surface area (Å²) >= 11 is 0. The number of halogens is 1. The second-order valence-electron chi connectivity index (χ2n) is 6.89. The smallest absolute Gasteiger partial charge is 0.270 e. The van der Waals surface area contributed by atoms with E-state index in [4.69, 9.17) is 0 Å². The van der Waals surface area contributed by atoms with Crippen LogP contribution in [0.15, 0.2) is 36.4 Å². The molecule has 0 aromatic heterocycles. The Kier molecular flexibility index (Phi) is 5.76. The van der Waals surface area contributed by atoms with Crippen LogP contribution in [-0.2, 0) is 0 Å². The minimum Gasteiger partial charge on any atom is -0.393 e. The van der Waals surface area contributed by atoms with E-state index in [0.717, 1.165) is 11.3 Å². The molecule has 0 bridgehead atoms. The average molecular weight is 384 g/mol. The van der Waals surface area contributed by atoms with Gasteiger partial charge in [-0.15, -0.1) is 0 Å². The second kappa shape index (κ2) is 8.23. The van der Waals surface area contributed by atoms with Gasteiger partial charge in [-0.25, -0.2) is 4.39 Å². The van der Waals surface area contributed by atoms with Gasteiger partial charge in [-0.3, -0.25) is 10.1 Å². The summed E-state index contributed by atoms with van der Waals surface area (Å²) in [4.78, 5) is 12.5. The standard InChI is InChI=1S/C20H21FN4O3/c1-13(23-19-4-3-16(25(27)28)10-14(19)12-22)18-11-15(21)2-5-20(18)24-8-6-17(26)7-9-24/h2-5,10-11,13,17,23,26H,6-9H2,1H3. The van der Waals surface area contributed by atoms with Crippen molar-refractivity contribution < 1.29 is 14.4 Å². The second-order valence-corrected chi connectivity index (χ2v) is 6.89. The van der Waals surface area contributed by atoms with Crippen LogP contribution in [0.3, 0.4) is 0 Å². The molecule has 1 atom stereocenters. The van der Waals surface area contributed by atoms with Crippen molar-refractivity contribution in [3.8, 4) is 6.07 Å². The number of aliphatic hydroxyl groups excluding tert-OH is 1. The number of nitrogens with one attached hydrogen (secondary N) is 1. The molecule has 0 spiro atoms. The van der Waals surface area contributed by atoms with Gasteiger partial charge >= 0.3 is 0 Å². The van der Waals surface area contributed by atoms with Crippen molar-refractivity contribution in [1.29, 1.82) is 5.26 Å². The van der Waals surface area contributed by atoms with Crippen molar-refractivity contribution in [2.45, 2.75) is 31.9 Å². The highest BCUT2D eigenvalue weighted by Crippen LogP contribution is 2.33. The van der Waals surface area contributed by atoms with Crippen molar-refractivity contribution in [2.75, 3.05) is 23.3 Å². The SMILES string of the molecule is CC(Nc1ccc([N+](=O)[O-])cc1C#N)c1cc(F)ccc1N1CCC(O)CC1. The summed E-state index contributed by atoms with van der Waals surface area (Å²) in [5.41, 5.74) is 2.03. The van der Waals surface area contributed by atoms with Crippen LogP contribution in [0.1, 0.15) is 36.9 Å². The molecule has 1 unspecified atom stereocenters. The van der Waals surface area contributed by atoms with Crippen molar-refractivity contribution in [1.82, 2.24) is 0 Å². The van der Waals surface area contributed by atoms with Crippen LogP contribution in [0.4, 0.5) is 21.5 Å². The molecule has 2 N–H and O–H groups in total. The first-order valence-electron chi connectivity index (χ1n) is 9.06. The summed E-state index contributed by atoms with van der Waals surface area (Å²) < 4.78 is 13.9. The zero-order valence-electron chi connectivity index (χ0n) is 15.4. The van der Waals surface area contributed by atoms with Gasteiger partial charge in [-0.05, 0) is 44.0 Å². The minimum absolute atomic E-state index is 0.153. The van der Waals surface area contributed by atoms with Crippen LogP contribution in [0, 0.1) is 27.3 Å². The third kappa shape index (κ3) is 4.21. The lowest BCUT2D eigenvalue weighted by Gasteiger charge is -2.34. The maximum Gasteiger partial charge on any atom is 0.270 e. The third-order valence-electron chi connectivity index (χ3n) is 4.97. The molecule has 0 amide bonds. The van der Waals surface area contributed by atoms with Gasteiger partial charge in [-0.1, -0.05) is 0 Å². The highest BCUT2D eigenvalue weighted by molar-refractivity contribution is 5.64. The molecule has 0 aliphatic carbocycles. The number of piperidine rings is 1. The van der Waals surface area contributed by atoms with Gasteiger partial charge in [0.2, 0.25) is 0 Å². The summed E-state index contributed by atoms with van der Waals surface area (Å²) in [6.07, 6.45) is 0.994. The van der Waals surface area contributed by atoms with Gasteiger partial charge in [0, 0.05) is 36.5 Å². The molecule has 146 valence electrons. The van der Waals surface area contributed by atoms with Crippen molar-refractivity contribution in [3.05, 3.63) is 63.5 Å². The van der Waals surface area contributed by atoms with E-state index in [9.17, 15) is 24.9 Å². The number of nitro groups is 1. The summed E-state index contributed by atoms with van der Waals surface area (Å²) in [7, 11) is 0. The van der Waals surface area contributed by atoms with E-state index >= 15 is 0 Å². The Morgan fingerprint density at radius 1 is 1.32 bits per heavy atom. The number of nitriles is 1. The van der Waals surface area contributed by atoms with Crippen LogP contribution in [0.5, 0.6) is 0 Å². The molecule has 1 heterocycles. The Hall–Kier alpha value is -3.18. The number of nitrogens with zero attached hydrogens (tertiary/aromatic N) is 3. The largest absolute Gasteiger partial charge is 0.393 e. The number of non-ortho nitro benzene ring substituents is 1. The first-order valence-corrected chi connectivity index (χ1v) is 9.06. The normalized spacial score (nSPS) is 15.7. The molecular formula is C20H21FN4O3. The average Bonchev–Trinajstić information content (AvgIpc) is 2.68. The quantitative estimate of drug-likeness (QED) is 0.601. The Morgan fingerprint density at radius 2 is 2.04 bits per heavy atom. The number of rotatable bonds is 5. The van der Waals surface area contributed by atoms with E-state index in [1.54, 1.807) is 6.07 Å². The highest BCUT2D eigenvalue weighted by atomic mass is 19.1. The van der Waals surface area contributed by atoms with Crippen LogP contribution in [0.2, 0.25) is 0 Å². The molecule has 0 radical (unpaired) electrons. The first kappa shape index (κ1) is 19.6. The predicted octanol–water partition coefficient (Wildman–Crippen LogP) is 3.74. The van der Waals surface area contributed by atoms with Gasteiger partial charge in [0.15, 0.2) is 0 Å². The molecule has 0 saturated carbocycles. The maximum atomic E-state index is 13.9. The monoisotopic (exact) mass is 384 g/mol. The van der Waals surface area contributed by atoms with E-state index in [-0.39, 0.29) is 29.2 Å². The third-order valence-corrected chi connectivity index (χ3v) is 4.97. The zero-order valence-corrected chi connectivity index (χ0v) is 15.4. The molecule has 1 aliphatic heterocycles. The van der Waals surface area contributed by atoms with E-state index < -0.39 is 4.92 Å². The molecular weight excluding hydrogens is 363 g/mol. The lowest BCUT2D eigenvalue weighted by atomic mass is 10.0. The van der Waals surface area contributed by atoms with Gasteiger partial charge < -0.3 is 15.3 Å². The molecule has 28 heavy (non-hydrogen) atoms. The Labute approximate surface area is 162 Å². The summed E-state index contributed by atoms with van der Waals surface area (Å²) in [6, 6.07) is 10.2. The molecule has 1 fully saturated rings. The molecule has 2 aromatic carbocycles. The van der Waals surface area contributed by atoms with Crippen LogP contribution < -0.4 is 10.2 Å². The topological polar surface area (TPSA) is 102 Å². The fourth-order valence-electron chi connectivity index (χ4n) is 3.44. The molecule has 7 nitrogen and oxygen atoms in total. The number of hydrogen-bond acceptors (Lipinski definition) is 6. The highest BCUT2D eigenvalue weighted by Gasteiger charge is 2.22.